The molecule has 8 nitrogen and oxygen atoms in total. The number of benzene rings is 2. The third kappa shape index (κ3) is 4.75. The number of rotatable bonds is 8. The van der Waals surface area contributed by atoms with Gasteiger partial charge in [-0.05, 0) is 48.7 Å². The molecule has 4 rings (SSSR count). The Morgan fingerprint density at radius 3 is 2.52 bits per heavy atom. The van der Waals surface area contributed by atoms with E-state index in [4.69, 9.17) is 14.2 Å². The molecule has 1 unspecified atom stereocenters. The minimum absolute atomic E-state index is 0.0551. The number of likely N-dealkylation sites (tertiary alicyclic amines) is 1. The number of hydrogen-bond acceptors (Lipinski definition) is 6. The number of ether oxygens (including phenoxy) is 3. The van der Waals surface area contributed by atoms with E-state index in [1.807, 2.05) is 61.2 Å². The van der Waals surface area contributed by atoms with Crippen molar-refractivity contribution in [2.45, 2.75) is 38.3 Å². The Hall–Kier alpha value is -3.26. The predicted octanol–water partition coefficient (Wildman–Crippen LogP) is 3.18. The van der Waals surface area contributed by atoms with Crippen LogP contribution in [0.2, 0.25) is 0 Å². The Bertz CT molecular complexity index is 1010. The van der Waals surface area contributed by atoms with Gasteiger partial charge in [0.05, 0.1) is 19.6 Å². The molecule has 176 valence electrons. The summed E-state index contributed by atoms with van der Waals surface area (Å²) in [5, 5.41) is 13.3. The number of fused-ring (bicyclic) bond motifs is 1. The first-order chi connectivity index (χ1) is 15.9. The van der Waals surface area contributed by atoms with Crippen LogP contribution in [0.25, 0.3) is 0 Å². The summed E-state index contributed by atoms with van der Waals surface area (Å²) in [6, 6.07) is 12.5. The summed E-state index contributed by atoms with van der Waals surface area (Å²) < 4.78 is 16.2. The third-order valence-electron chi connectivity index (χ3n) is 6.53. The predicted molar refractivity (Wildman–Crippen MR) is 122 cm³/mol. The van der Waals surface area contributed by atoms with Gasteiger partial charge in [0.2, 0.25) is 12.7 Å². The number of hydrogen-bond donors (Lipinski definition) is 2. The second-order valence-electron chi connectivity index (χ2n) is 8.61. The maximum atomic E-state index is 12.8. The molecule has 0 bridgehead atoms. The van der Waals surface area contributed by atoms with Gasteiger partial charge < -0.3 is 24.6 Å². The Balaban J connectivity index is 1.69. The average molecular weight is 455 g/mol. The van der Waals surface area contributed by atoms with Crippen molar-refractivity contribution in [3.63, 3.8) is 0 Å². The first kappa shape index (κ1) is 22.9. The van der Waals surface area contributed by atoms with Crippen LogP contribution in [-0.4, -0.2) is 54.9 Å². The molecule has 0 spiro atoms. The van der Waals surface area contributed by atoms with Gasteiger partial charge in [-0.2, -0.15) is 0 Å². The summed E-state index contributed by atoms with van der Waals surface area (Å²) in [5.41, 5.74) is 1.69. The quantitative estimate of drug-likeness (QED) is 0.632. The maximum absolute atomic E-state index is 12.8. The first-order valence-electron chi connectivity index (χ1n) is 11.2. The smallest absolute Gasteiger partial charge is 0.309 e. The van der Waals surface area contributed by atoms with Crippen molar-refractivity contribution in [2.75, 3.05) is 27.0 Å². The van der Waals surface area contributed by atoms with Gasteiger partial charge in [-0.3, -0.25) is 14.5 Å². The van der Waals surface area contributed by atoms with Crippen molar-refractivity contribution in [1.82, 2.24) is 10.2 Å². The molecule has 2 aromatic carbocycles. The molecule has 0 saturated carbocycles. The van der Waals surface area contributed by atoms with Crippen LogP contribution in [0, 0.1) is 5.92 Å². The van der Waals surface area contributed by atoms with Gasteiger partial charge >= 0.3 is 5.97 Å². The summed E-state index contributed by atoms with van der Waals surface area (Å²) in [6.45, 7) is 4.67. The zero-order valence-corrected chi connectivity index (χ0v) is 19.1. The third-order valence-corrected chi connectivity index (χ3v) is 6.53. The van der Waals surface area contributed by atoms with E-state index in [0.717, 1.165) is 17.5 Å². The van der Waals surface area contributed by atoms with Crippen LogP contribution in [0.4, 0.5) is 0 Å². The van der Waals surface area contributed by atoms with Gasteiger partial charge in [-0.25, -0.2) is 0 Å². The lowest BCUT2D eigenvalue weighted by Gasteiger charge is -2.27. The van der Waals surface area contributed by atoms with E-state index < -0.39 is 17.9 Å². The van der Waals surface area contributed by atoms with Crippen molar-refractivity contribution in [1.29, 1.82) is 0 Å². The van der Waals surface area contributed by atoms with Crippen molar-refractivity contribution in [3.05, 3.63) is 53.6 Å². The number of nitrogens with zero attached hydrogens (tertiary/aromatic N) is 1. The lowest BCUT2D eigenvalue weighted by molar-refractivity contribution is -0.143. The molecule has 2 aliphatic rings. The fourth-order valence-electron chi connectivity index (χ4n) is 4.68. The molecule has 4 atom stereocenters. The number of aliphatic carboxylic acids is 1. The summed E-state index contributed by atoms with van der Waals surface area (Å²) in [4.78, 5) is 27.3. The summed E-state index contributed by atoms with van der Waals surface area (Å²) in [5.74, 6) is -0.111. The van der Waals surface area contributed by atoms with Gasteiger partial charge in [0.1, 0.15) is 5.75 Å². The number of nitrogens with one attached hydrogen (secondary N) is 1. The highest BCUT2D eigenvalue weighted by Gasteiger charge is 2.48. The minimum Gasteiger partial charge on any atom is -0.497 e. The number of carbonyl (C=O) groups excluding carboxylic acids is 1. The van der Waals surface area contributed by atoms with Crippen molar-refractivity contribution in [3.8, 4) is 17.2 Å². The molecule has 2 N–H and O–H groups in total. The van der Waals surface area contributed by atoms with Crippen LogP contribution in [0.3, 0.4) is 0 Å². The molecule has 33 heavy (non-hydrogen) atoms. The molecule has 0 aromatic heterocycles. The van der Waals surface area contributed by atoms with Crippen LogP contribution >= 0.6 is 0 Å². The van der Waals surface area contributed by atoms with Gasteiger partial charge in [-0.15, -0.1) is 0 Å². The van der Waals surface area contributed by atoms with E-state index in [-0.39, 0.29) is 31.2 Å². The molecular weight excluding hydrogens is 424 g/mol. The topological polar surface area (TPSA) is 97.3 Å². The highest BCUT2D eigenvalue weighted by atomic mass is 16.7. The summed E-state index contributed by atoms with van der Waals surface area (Å²) in [6.07, 6.45) is 0.825. The largest absolute Gasteiger partial charge is 0.497 e. The number of amides is 1. The molecular formula is C25H30N2O6. The molecule has 1 amide bonds. The number of carboxylic acid groups (broad SMARTS) is 1. The Labute approximate surface area is 193 Å². The van der Waals surface area contributed by atoms with Gasteiger partial charge in [0.25, 0.3) is 0 Å². The number of methoxy groups -OCH3 is 1. The van der Waals surface area contributed by atoms with Crippen molar-refractivity contribution < 1.29 is 28.9 Å². The van der Waals surface area contributed by atoms with Gasteiger partial charge in [0, 0.05) is 24.5 Å². The zero-order valence-electron chi connectivity index (χ0n) is 19.1. The molecule has 2 aliphatic heterocycles. The summed E-state index contributed by atoms with van der Waals surface area (Å²) >= 11 is 0. The number of carbonyl (C=O) groups is 2. The van der Waals surface area contributed by atoms with E-state index in [9.17, 15) is 14.7 Å². The fraction of sp³-hybridized carbons (Fsp3) is 0.440. The normalized spacial score (nSPS) is 22.7. The molecule has 8 heteroatoms. The van der Waals surface area contributed by atoms with Crippen LogP contribution in [-0.2, 0) is 9.59 Å². The lowest BCUT2D eigenvalue weighted by atomic mass is 9.82. The van der Waals surface area contributed by atoms with E-state index in [2.05, 4.69) is 5.32 Å². The Morgan fingerprint density at radius 2 is 1.85 bits per heavy atom. The molecule has 2 aromatic rings. The SMILES string of the molecule is CCC(C)NC(=O)CN1C[C@H](c2ccc3c(c2)OCO3)[C@H](C(=O)O)[C@H]1c1ccc(OC)cc1. The molecule has 1 fully saturated rings. The minimum atomic E-state index is -0.900. The maximum Gasteiger partial charge on any atom is 0.309 e. The van der Waals surface area contributed by atoms with Gasteiger partial charge in [-0.1, -0.05) is 25.1 Å². The fourth-order valence-corrected chi connectivity index (χ4v) is 4.68. The Morgan fingerprint density at radius 1 is 1.15 bits per heavy atom. The molecule has 0 radical (unpaired) electrons. The second-order valence-corrected chi connectivity index (χ2v) is 8.61. The zero-order chi connectivity index (χ0) is 23.5. The molecule has 0 aliphatic carbocycles. The van der Waals surface area contributed by atoms with Crippen LogP contribution in [0.15, 0.2) is 42.5 Å². The van der Waals surface area contributed by atoms with Crippen LogP contribution in [0.1, 0.15) is 43.4 Å². The standard InChI is InChI=1S/C25H30N2O6/c1-4-15(2)26-22(28)13-27-12-19(17-7-10-20-21(11-17)33-14-32-20)23(25(29)30)24(27)16-5-8-18(31-3)9-6-16/h5-11,15,19,23-24H,4,12-14H2,1-3H3,(H,26,28)(H,29,30)/t15?,19-,23+,24-/m1/s1. The Kier molecular flexibility index (Phi) is 6.74. The summed E-state index contributed by atoms with van der Waals surface area (Å²) in [7, 11) is 1.59. The van der Waals surface area contributed by atoms with E-state index in [1.54, 1.807) is 7.11 Å². The highest BCUT2D eigenvalue weighted by Crippen LogP contribution is 2.47. The second kappa shape index (κ2) is 9.70. The first-order valence-corrected chi connectivity index (χ1v) is 11.2. The monoisotopic (exact) mass is 454 g/mol. The van der Waals surface area contributed by atoms with Crippen molar-refractivity contribution >= 4 is 11.9 Å². The van der Waals surface area contributed by atoms with Crippen LogP contribution in [0.5, 0.6) is 17.2 Å². The molecule has 1 saturated heterocycles. The van der Waals surface area contributed by atoms with E-state index in [1.165, 1.54) is 0 Å². The van der Waals surface area contributed by atoms with Gasteiger partial charge in [0.15, 0.2) is 11.5 Å². The van der Waals surface area contributed by atoms with Crippen molar-refractivity contribution in [2.24, 2.45) is 5.92 Å². The van der Waals surface area contributed by atoms with Crippen LogP contribution < -0.4 is 19.5 Å². The molecule has 2 heterocycles. The van der Waals surface area contributed by atoms with E-state index in [0.29, 0.717) is 23.8 Å². The lowest BCUT2D eigenvalue weighted by Crippen LogP contribution is -2.41. The number of carboxylic acids is 1. The average Bonchev–Trinajstić information content (AvgIpc) is 3.43. The highest BCUT2D eigenvalue weighted by molar-refractivity contribution is 5.79. The van der Waals surface area contributed by atoms with E-state index >= 15 is 0 Å².